The summed E-state index contributed by atoms with van der Waals surface area (Å²) < 4.78 is 20.6. The van der Waals surface area contributed by atoms with Crippen molar-refractivity contribution in [2.75, 3.05) is 65.9 Å². The zero-order valence-electron chi connectivity index (χ0n) is 31.8. The monoisotopic (exact) mass is 789 g/mol. The van der Waals surface area contributed by atoms with Crippen molar-refractivity contribution < 1.29 is 72.6 Å². The van der Waals surface area contributed by atoms with Gasteiger partial charge in [0.2, 0.25) is 29.9 Å². The van der Waals surface area contributed by atoms with Crippen LogP contribution in [0.2, 0.25) is 0 Å². The SMILES string of the molecule is O=[C]COCCOCCNC(=O)COCCOCCNC(=O)CC[C@H](NC(=O)CC[C@H](NC(=O)CCCCCCCCCCCCC(=O)O)C(=O)O)C(=O)O. The zero-order valence-corrected chi connectivity index (χ0v) is 31.8. The van der Waals surface area contributed by atoms with Crippen LogP contribution in [-0.4, -0.2) is 141 Å². The van der Waals surface area contributed by atoms with Crippen molar-refractivity contribution in [3.8, 4) is 0 Å². The number of carboxylic acids is 3. The Labute approximate surface area is 322 Å². The first kappa shape index (κ1) is 50.8. The van der Waals surface area contributed by atoms with Gasteiger partial charge in [-0.05, 0) is 25.7 Å². The molecule has 19 nitrogen and oxygen atoms in total. The third-order valence-corrected chi connectivity index (χ3v) is 7.91. The molecule has 0 heterocycles. The molecule has 55 heavy (non-hydrogen) atoms. The van der Waals surface area contributed by atoms with Crippen LogP contribution in [0.1, 0.15) is 103 Å². The molecule has 315 valence electrons. The molecule has 0 aliphatic heterocycles. The van der Waals surface area contributed by atoms with Gasteiger partial charge in [0, 0.05) is 38.8 Å². The number of carbonyl (C=O) groups is 7. The molecule has 0 aliphatic rings. The van der Waals surface area contributed by atoms with Crippen molar-refractivity contribution in [2.45, 2.75) is 115 Å². The topological polar surface area (TPSA) is 282 Å². The molecule has 19 heteroatoms. The minimum Gasteiger partial charge on any atom is -0.481 e. The molecule has 0 saturated carbocycles. The molecule has 0 aliphatic carbocycles. The number of amides is 4. The van der Waals surface area contributed by atoms with Crippen LogP contribution in [-0.2, 0) is 57.3 Å². The Kier molecular flexibility index (Phi) is 32.8. The standard InChI is InChI=1S/C36H61N4O15/c41-19-22-54-24-23-52-21-18-38-33(45)27-55-26-25-53-20-17-37-30(42)15-13-28(35(48)49)40-32(44)16-14-29(36(50)51)39-31(43)11-9-7-5-3-1-2-4-6-8-10-12-34(46)47/h28-29H,1-18,20-27H2,(H,37,42)(H,38,45)(H,39,43)(H,40,44)(H,46,47)(H,48,49)(H,50,51)/t28-,29-/m0/s1. The Morgan fingerprint density at radius 2 is 0.891 bits per heavy atom. The van der Waals surface area contributed by atoms with Gasteiger partial charge in [-0.15, -0.1) is 0 Å². The molecule has 0 fully saturated rings. The van der Waals surface area contributed by atoms with E-state index >= 15 is 0 Å². The second-order valence-electron chi connectivity index (χ2n) is 12.6. The molecule has 0 bridgehead atoms. The Hall–Kier alpha value is -4.20. The number of hydrogen-bond donors (Lipinski definition) is 7. The summed E-state index contributed by atoms with van der Waals surface area (Å²) in [5.74, 6) is -5.43. The zero-order chi connectivity index (χ0) is 40.9. The van der Waals surface area contributed by atoms with E-state index in [4.69, 9.17) is 24.1 Å². The average Bonchev–Trinajstić information content (AvgIpc) is 3.13. The molecule has 4 amide bonds. The predicted octanol–water partition coefficient (Wildman–Crippen LogP) is 0.860. The quantitative estimate of drug-likeness (QED) is 0.0425. The molecule has 0 spiro atoms. The van der Waals surface area contributed by atoms with Gasteiger partial charge >= 0.3 is 17.9 Å². The van der Waals surface area contributed by atoms with E-state index in [9.17, 15) is 48.6 Å². The van der Waals surface area contributed by atoms with Crippen molar-refractivity contribution in [1.29, 1.82) is 0 Å². The molecule has 0 aromatic heterocycles. The summed E-state index contributed by atoms with van der Waals surface area (Å²) in [7, 11) is 0. The molecule has 2 atom stereocenters. The van der Waals surface area contributed by atoms with Crippen LogP contribution in [0.3, 0.4) is 0 Å². The van der Waals surface area contributed by atoms with E-state index in [2.05, 4.69) is 21.3 Å². The number of unbranched alkanes of at least 4 members (excludes halogenated alkanes) is 9. The first-order valence-electron chi connectivity index (χ1n) is 18.9. The molecule has 0 aromatic carbocycles. The Balaban J connectivity index is 4.04. The summed E-state index contributed by atoms with van der Waals surface area (Å²) in [6.45, 7) is 1.33. The fraction of sp³-hybridized carbons (Fsp3) is 0.778. The van der Waals surface area contributed by atoms with E-state index in [0.29, 0.717) is 12.8 Å². The van der Waals surface area contributed by atoms with Gasteiger partial charge in [0.25, 0.3) is 0 Å². The maximum atomic E-state index is 12.4. The van der Waals surface area contributed by atoms with Crippen molar-refractivity contribution in [3.63, 3.8) is 0 Å². The highest BCUT2D eigenvalue weighted by atomic mass is 16.5. The van der Waals surface area contributed by atoms with Crippen LogP contribution < -0.4 is 21.3 Å². The minimum atomic E-state index is -1.38. The fourth-order valence-corrected chi connectivity index (χ4v) is 4.96. The highest BCUT2D eigenvalue weighted by Gasteiger charge is 2.24. The van der Waals surface area contributed by atoms with E-state index < -0.39 is 47.7 Å². The number of carbonyl (C=O) groups excluding carboxylic acids is 5. The molecule has 0 rings (SSSR count). The van der Waals surface area contributed by atoms with E-state index in [1.165, 1.54) is 0 Å². The maximum Gasteiger partial charge on any atom is 0.326 e. The minimum absolute atomic E-state index is 0.117. The normalized spacial score (nSPS) is 11.9. The van der Waals surface area contributed by atoms with Crippen LogP contribution in [0, 0.1) is 0 Å². The summed E-state index contributed by atoms with van der Waals surface area (Å²) in [6, 6.07) is -2.70. The average molecular weight is 790 g/mol. The Morgan fingerprint density at radius 3 is 1.38 bits per heavy atom. The lowest BCUT2D eigenvalue weighted by atomic mass is 10.0. The van der Waals surface area contributed by atoms with Gasteiger partial charge < -0.3 is 55.5 Å². The van der Waals surface area contributed by atoms with Gasteiger partial charge in [0.05, 0.1) is 39.6 Å². The number of ether oxygens (including phenoxy) is 4. The van der Waals surface area contributed by atoms with Crippen LogP contribution in [0.25, 0.3) is 0 Å². The molecular weight excluding hydrogens is 728 g/mol. The first-order chi connectivity index (χ1) is 26.5. The smallest absolute Gasteiger partial charge is 0.326 e. The number of nitrogens with one attached hydrogen (secondary N) is 4. The largest absolute Gasteiger partial charge is 0.481 e. The van der Waals surface area contributed by atoms with Gasteiger partial charge in [-0.3, -0.25) is 28.8 Å². The lowest BCUT2D eigenvalue weighted by Crippen LogP contribution is -2.44. The van der Waals surface area contributed by atoms with Gasteiger partial charge in [0.1, 0.15) is 25.3 Å². The van der Waals surface area contributed by atoms with Crippen LogP contribution in [0.5, 0.6) is 0 Å². The van der Waals surface area contributed by atoms with E-state index in [1.54, 1.807) is 6.29 Å². The van der Waals surface area contributed by atoms with Gasteiger partial charge in [-0.25, -0.2) is 9.59 Å². The second-order valence-corrected chi connectivity index (χ2v) is 12.6. The molecule has 0 aromatic rings. The Morgan fingerprint density at radius 1 is 0.473 bits per heavy atom. The summed E-state index contributed by atoms with van der Waals surface area (Å²) in [4.78, 5) is 92.4. The Bertz CT molecular complexity index is 1120. The third-order valence-electron chi connectivity index (χ3n) is 7.91. The highest BCUT2D eigenvalue weighted by molar-refractivity contribution is 5.86. The lowest BCUT2D eigenvalue weighted by molar-refractivity contribution is -0.143. The molecule has 1 radical (unpaired) electrons. The molecule has 0 unspecified atom stereocenters. The number of carboxylic acid groups (broad SMARTS) is 3. The summed E-state index contributed by atoms with van der Waals surface area (Å²) >= 11 is 0. The fourth-order valence-electron chi connectivity index (χ4n) is 4.96. The van der Waals surface area contributed by atoms with E-state index in [0.717, 1.165) is 51.4 Å². The summed E-state index contributed by atoms with van der Waals surface area (Å²) in [6.07, 6.45) is 10.1. The number of hydrogen-bond acceptors (Lipinski definition) is 12. The highest BCUT2D eigenvalue weighted by Crippen LogP contribution is 2.12. The predicted molar refractivity (Wildman–Crippen MR) is 196 cm³/mol. The summed E-state index contributed by atoms with van der Waals surface area (Å²) in [5.41, 5.74) is 0. The van der Waals surface area contributed by atoms with Crippen molar-refractivity contribution in [1.82, 2.24) is 21.3 Å². The lowest BCUT2D eigenvalue weighted by Gasteiger charge is -2.17. The number of rotatable bonds is 39. The van der Waals surface area contributed by atoms with Crippen molar-refractivity contribution >= 4 is 47.8 Å². The van der Waals surface area contributed by atoms with Crippen molar-refractivity contribution in [2.24, 2.45) is 0 Å². The maximum absolute atomic E-state index is 12.4. The van der Waals surface area contributed by atoms with Crippen LogP contribution >= 0.6 is 0 Å². The third kappa shape index (κ3) is 34.1. The molecule has 7 N–H and O–H groups in total. The van der Waals surface area contributed by atoms with Gasteiger partial charge in [-0.2, -0.15) is 0 Å². The summed E-state index contributed by atoms with van der Waals surface area (Å²) in [5, 5.41) is 37.5. The van der Waals surface area contributed by atoms with Crippen LogP contribution in [0.15, 0.2) is 0 Å². The van der Waals surface area contributed by atoms with Gasteiger partial charge in [0.15, 0.2) is 0 Å². The number of aliphatic carboxylic acids is 3. The first-order valence-corrected chi connectivity index (χ1v) is 18.9. The molecular formula is C36H61N4O15. The second kappa shape index (κ2) is 35.5. The van der Waals surface area contributed by atoms with E-state index in [1.807, 2.05) is 0 Å². The van der Waals surface area contributed by atoms with Gasteiger partial charge in [-0.1, -0.05) is 51.4 Å². The van der Waals surface area contributed by atoms with E-state index in [-0.39, 0.29) is 110 Å². The molecule has 0 saturated heterocycles. The van der Waals surface area contributed by atoms with Crippen LogP contribution in [0.4, 0.5) is 0 Å². The van der Waals surface area contributed by atoms with Crippen molar-refractivity contribution in [3.05, 3.63) is 0 Å².